The van der Waals surface area contributed by atoms with Gasteiger partial charge in [-0.1, -0.05) is 26.7 Å². The van der Waals surface area contributed by atoms with E-state index in [1.54, 1.807) is 19.2 Å². The van der Waals surface area contributed by atoms with Crippen molar-refractivity contribution in [1.29, 1.82) is 0 Å². The number of carbonyl (C=O) groups excluding carboxylic acids is 1. The number of rotatable bonds is 9. The second kappa shape index (κ2) is 11.1. The number of ether oxygens (including phenoxy) is 2. The highest BCUT2D eigenvalue weighted by Gasteiger charge is 2.12. The van der Waals surface area contributed by atoms with Gasteiger partial charge in [0.25, 0.3) is 5.91 Å². The quantitative estimate of drug-likeness (QED) is 0.680. The van der Waals surface area contributed by atoms with Crippen LogP contribution in [-0.4, -0.2) is 50.7 Å². The van der Waals surface area contributed by atoms with Crippen LogP contribution in [0.3, 0.4) is 0 Å². The number of methoxy groups -OCH3 is 1. The molecule has 0 aromatic heterocycles. The van der Waals surface area contributed by atoms with Gasteiger partial charge in [0.2, 0.25) is 0 Å². The Morgan fingerprint density at radius 2 is 1.88 bits per heavy atom. The van der Waals surface area contributed by atoms with Crippen LogP contribution in [0.5, 0.6) is 11.5 Å². The van der Waals surface area contributed by atoms with Crippen molar-refractivity contribution in [2.75, 3.05) is 39.9 Å². The predicted octanol–water partition coefficient (Wildman–Crippen LogP) is 3.73. The highest BCUT2D eigenvalue weighted by molar-refractivity contribution is 5.94. The number of nitrogens with zero attached hydrogens (tertiary/aromatic N) is 1. The largest absolute Gasteiger partial charge is 0.493 e. The van der Waals surface area contributed by atoms with E-state index in [0.29, 0.717) is 36.1 Å². The minimum absolute atomic E-state index is 0.0606. The molecule has 0 atom stereocenters. The van der Waals surface area contributed by atoms with Crippen LogP contribution in [0.1, 0.15) is 56.3 Å². The number of amides is 1. The lowest BCUT2D eigenvalue weighted by Gasteiger charge is -2.19. The first kappa shape index (κ1) is 20.6. The van der Waals surface area contributed by atoms with Gasteiger partial charge in [-0.3, -0.25) is 4.79 Å². The molecule has 1 aliphatic heterocycles. The Balaban J connectivity index is 1.79. The first-order valence-electron chi connectivity index (χ1n) is 9.91. The molecule has 2 rings (SSSR count). The summed E-state index contributed by atoms with van der Waals surface area (Å²) in [7, 11) is 1.60. The molecule has 1 aliphatic rings. The van der Waals surface area contributed by atoms with Crippen LogP contribution in [0.2, 0.25) is 0 Å². The van der Waals surface area contributed by atoms with Crippen molar-refractivity contribution in [3.8, 4) is 11.5 Å². The lowest BCUT2D eigenvalue weighted by Crippen LogP contribution is -2.30. The second-order valence-corrected chi connectivity index (χ2v) is 7.44. The van der Waals surface area contributed by atoms with Crippen LogP contribution in [0.25, 0.3) is 0 Å². The molecular weight excluding hydrogens is 328 g/mol. The second-order valence-electron chi connectivity index (χ2n) is 7.44. The number of benzene rings is 1. The van der Waals surface area contributed by atoms with Crippen LogP contribution in [-0.2, 0) is 0 Å². The minimum atomic E-state index is -0.0606. The minimum Gasteiger partial charge on any atom is -0.493 e. The molecule has 1 saturated heterocycles. The van der Waals surface area contributed by atoms with Crippen molar-refractivity contribution in [3.63, 3.8) is 0 Å². The fourth-order valence-electron chi connectivity index (χ4n) is 3.15. The normalized spacial score (nSPS) is 15.5. The van der Waals surface area contributed by atoms with Gasteiger partial charge in [-0.2, -0.15) is 0 Å². The molecule has 146 valence electrons. The van der Waals surface area contributed by atoms with E-state index >= 15 is 0 Å². The zero-order valence-corrected chi connectivity index (χ0v) is 16.6. The number of hydrogen-bond acceptors (Lipinski definition) is 4. The average Bonchev–Trinajstić information content (AvgIpc) is 2.92. The summed E-state index contributed by atoms with van der Waals surface area (Å²) in [4.78, 5) is 14.9. The Bertz CT molecular complexity index is 552. The zero-order chi connectivity index (χ0) is 18.8. The molecule has 0 bridgehead atoms. The van der Waals surface area contributed by atoms with E-state index in [9.17, 15) is 4.79 Å². The standard InChI is InChI=1S/C21H34N2O3/c1-17(2)16-26-19-10-9-18(15-20(19)25-3)21(24)22-11-8-14-23-12-6-4-5-7-13-23/h9-10,15,17H,4-8,11-14,16H2,1-3H3,(H,22,24). The summed E-state index contributed by atoms with van der Waals surface area (Å²) in [5, 5.41) is 3.01. The van der Waals surface area contributed by atoms with E-state index in [1.807, 2.05) is 6.07 Å². The molecule has 0 aliphatic carbocycles. The predicted molar refractivity (Wildman–Crippen MR) is 105 cm³/mol. The van der Waals surface area contributed by atoms with E-state index in [0.717, 1.165) is 13.0 Å². The van der Waals surface area contributed by atoms with Crippen molar-refractivity contribution in [1.82, 2.24) is 10.2 Å². The van der Waals surface area contributed by atoms with Crippen molar-refractivity contribution < 1.29 is 14.3 Å². The maximum absolute atomic E-state index is 12.4. The van der Waals surface area contributed by atoms with E-state index in [1.165, 1.54) is 38.8 Å². The third-order valence-corrected chi connectivity index (χ3v) is 4.63. The summed E-state index contributed by atoms with van der Waals surface area (Å²) in [6, 6.07) is 5.36. The first-order chi connectivity index (χ1) is 12.6. The molecule has 0 spiro atoms. The average molecular weight is 363 g/mol. The Kier molecular flexibility index (Phi) is 8.75. The van der Waals surface area contributed by atoms with Crippen LogP contribution in [0.15, 0.2) is 18.2 Å². The molecule has 26 heavy (non-hydrogen) atoms. The van der Waals surface area contributed by atoms with Crippen LogP contribution >= 0.6 is 0 Å². The molecule has 0 radical (unpaired) electrons. The van der Waals surface area contributed by atoms with Gasteiger partial charge in [-0.15, -0.1) is 0 Å². The molecule has 5 nitrogen and oxygen atoms in total. The Labute approximate surface area is 158 Å². The van der Waals surface area contributed by atoms with Gasteiger partial charge in [0.05, 0.1) is 13.7 Å². The van der Waals surface area contributed by atoms with Crippen LogP contribution in [0, 0.1) is 5.92 Å². The highest BCUT2D eigenvalue weighted by Crippen LogP contribution is 2.28. The highest BCUT2D eigenvalue weighted by atomic mass is 16.5. The van der Waals surface area contributed by atoms with Crippen molar-refractivity contribution >= 4 is 5.91 Å². The van der Waals surface area contributed by atoms with E-state index in [2.05, 4.69) is 24.1 Å². The molecule has 0 unspecified atom stereocenters. The summed E-state index contributed by atoms with van der Waals surface area (Å²) in [6.07, 6.45) is 6.30. The van der Waals surface area contributed by atoms with E-state index < -0.39 is 0 Å². The van der Waals surface area contributed by atoms with Gasteiger partial charge in [0.15, 0.2) is 11.5 Å². The summed E-state index contributed by atoms with van der Waals surface area (Å²) in [5.41, 5.74) is 0.605. The van der Waals surface area contributed by atoms with Crippen LogP contribution in [0.4, 0.5) is 0 Å². The Morgan fingerprint density at radius 3 is 2.54 bits per heavy atom. The SMILES string of the molecule is COc1cc(C(=O)NCCCN2CCCCCC2)ccc1OCC(C)C. The van der Waals surface area contributed by atoms with Crippen LogP contribution < -0.4 is 14.8 Å². The first-order valence-corrected chi connectivity index (χ1v) is 9.91. The van der Waals surface area contributed by atoms with E-state index in [4.69, 9.17) is 9.47 Å². The zero-order valence-electron chi connectivity index (χ0n) is 16.6. The maximum Gasteiger partial charge on any atom is 0.251 e. The topological polar surface area (TPSA) is 50.8 Å². The van der Waals surface area contributed by atoms with Crippen molar-refractivity contribution in [2.45, 2.75) is 46.0 Å². The lowest BCUT2D eigenvalue weighted by atomic mass is 10.2. The summed E-state index contributed by atoms with van der Waals surface area (Å²) in [6.45, 7) is 8.97. The Morgan fingerprint density at radius 1 is 1.15 bits per heavy atom. The molecule has 0 saturated carbocycles. The molecular formula is C21H34N2O3. The molecule has 1 fully saturated rings. The molecule has 1 N–H and O–H groups in total. The number of likely N-dealkylation sites (tertiary alicyclic amines) is 1. The fraction of sp³-hybridized carbons (Fsp3) is 0.667. The number of hydrogen-bond donors (Lipinski definition) is 1. The van der Waals surface area contributed by atoms with Gasteiger partial charge in [-0.05, 0) is 63.0 Å². The van der Waals surface area contributed by atoms with Gasteiger partial charge in [0, 0.05) is 12.1 Å². The molecule has 1 heterocycles. The summed E-state index contributed by atoms with van der Waals surface area (Å²) >= 11 is 0. The summed E-state index contributed by atoms with van der Waals surface area (Å²) < 4.78 is 11.1. The monoisotopic (exact) mass is 362 g/mol. The van der Waals surface area contributed by atoms with Gasteiger partial charge in [-0.25, -0.2) is 0 Å². The van der Waals surface area contributed by atoms with Gasteiger partial charge >= 0.3 is 0 Å². The van der Waals surface area contributed by atoms with Gasteiger partial charge in [0.1, 0.15) is 0 Å². The Hall–Kier alpha value is -1.75. The third kappa shape index (κ3) is 6.87. The molecule has 1 aromatic carbocycles. The van der Waals surface area contributed by atoms with Crippen molar-refractivity contribution in [2.24, 2.45) is 5.92 Å². The van der Waals surface area contributed by atoms with Gasteiger partial charge < -0.3 is 19.7 Å². The molecule has 1 amide bonds. The number of nitrogens with one attached hydrogen (secondary N) is 1. The third-order valence-electron chi connectivity index (χ3n) is 4.63. The smallest absolute Gasteiger partial charge is 0.251 e. The lowest BCUT2D eigenvalue weighted by molar-refractivity contribution is 0.0951. The molecule has 1 aromatic rings. The van der Waals surface area contributed by atoms with E-state index in [-0.39, 0.29) is 5.91 Å². The number of carbonyl (C=O) groups is 1. The fourth-order valence-corrected chi connectivity index (χ4v) is 3.15. The van der Waals surface area contributed by atoms with Crippen molar-refractivity contribution in [3.05, 3.63) is 23.8 Å². The summed E-state index contributed by atoms with van der Waals surface area (Å²) in [5.74, 6) is 1.66. The maximum atomic E-state index is 12.4. The molecule has 5 heteroatoms.